The molecule has 2 aromatic rings. The third kappa shape index (κ3) is 4.89. The zero-order valence-electron chi connectivity index (χ0n) is 13.5. The molecule has 0 bridgehead atoms. The van der Waals surface area contributed by atoms with Gasteiger partial charge in [0.1, 0.15) is 5.60 Å². The first-order chi connectivity index (χ1) is 10.8. The van der Waals surface area contributed by atoms with Gasteiger partial charge in [-0.05, 0) is 38.5 Å². The number of ether oxygens (including phenoxy) is 1. The molecular weight excluding hydrogens is 312 g/mol. The van der Waals surface area contributed by atoms with Crippen LogP contribution < -0.4 is 11.1 Å². The van der Waals surface area contributed by atoms with E-state index in [0.717, 1.165) is 16.7 Å². The first-order valence-electron chi connectivity index (χ1n) is 7.36. The summed E-state index contributed by atoms with van der Waals surface area (Å²) in [5.74, 6) is 0. The lowest BCUT2D eigenvalue weighted by molar-refractivity contribution is 0.0523. The first kappa shape index (κ1) is 17.2. The highest BCUT2D eigenvalue weighted by molar-refractivity contribution is 6.33. The highest BCUT2D eigenvalue weighted by Crippen LogP contribution is 2.32. The predicted octanol–water partition coefficient (Wildman–Crippen LogP) is 4.61. The molecular formula is C18H21ClN2O2. The van der Waals surface area contributed by atoms with Crippen LogP contribution in [0, 0.1) is 0 Å². The number of anilines is 1. The van der Waals surface area contributed by atoms with Gasteiger partial charge in [-0.25, -0.2) is 4.79 Å². The molecule has 0 saturated carbocycles. The van der Waals surface area contributed by atoms with Crippen molar-refractivity contribution >= 4 is 23.4 Å². The number of hydrogen-bond acceptors (Lipinski definition) is 3. The number of alkyl carbamates (subject to hydrolysis) is 1. The number of carbonyl (C=O) groups is 1. The molecule has 0 unspecified atom stereocenters. The lowest BCUT2D eigenvalue weighted by Gasteiger charge is -2.19. The smallest absolute Gasteiger partial charge is 0.407 e. The van der Waals surface area contributed by atoms with E-state index in [9.17, 15) is 4.79 Å². The number of amides is 1. The number of nitrogens with one attached hydrogen (secondary N) is 1. The van der Waals surface area contributed by atoms with Gasteiger partial charge in [-0.2, -0.15) is 0 Å². The average molecular weight is 333 g/mol. The van der Waals surface area contributed by atoms with E-state index in [0.29, 0.717) is 17.3 Å². The van der Waals surface area contributed by atoms with Crippen molar-refractivity contribution in [1.29, 1.82) is 0 Å². The molecule has 0 aliphatic rings. The Morgan fingerprint density at radius 1 is 1.17 bits per heavy atom. The normalized spacial score (nSPS) is 11.1. The van der Waals surface area contributed by atoms with Crippen LogP contribution in [-0.4, -0.2) is 11.7 Å². The third-order valence-electron chi connectivity index (χ3n) is 3.12. The summed E-state index contributed by atoms with van der Waals surface area (Å²) in [6.45, 7) is 5.82. The number of carbonyl (C=O) groups excluding carboxylic acids is 1. The van der Waals surface area contributed by atoms with Crippen molar-refractivity contribution in [3.8, 4) is 11.1 Å². The van der Waals surface area contributed by atoms with Crippen LogP contribution in [0.25, 0.3) is 11.1 Å². The molecule has 0 fully saturated rings. The van der Waals surface area contributed by atoms with Crippen LogP contribution in [0.1, 0.15) is 26.3 Å². The van der Waals surface area contributed by atoms with Crippen LogP contribution in [-0.2, 0) is 11.3 Å². The van der Waals surface area contributed by atoms with E-state index in [1.54, 1.807) is 0 Å². The fraction of sp³-hybridized carbons (Fsp3) is 0.278. The Balaban J connectivity index is 2.08. The van der Waals surface area contributed by atoms with E-state index in [1.165, 1.54) is 0 Å². The average Bonchev–Trinajstić information content (AvgIpc) is 2.44. The number of halogens is 1. The standard InChI is InChI=1S/C18H21ClN2O2/c1-18(2,3)23-17(22)21-11-12-8-9-14(16(20)10-12)13-6-4-5-7-15(13)19/h4-10H,11,20H2,1-3H3,(H,21,22). The molecule has 2 aromatic carbocycles. The van der Waals surface area contributed by atoms with Gasteiger partial charge >= 0.3 is 6.09 Å². The predicted molar refractivity (Wildman–Crippen MR) is 94.4 cm³/mol. The fourth-order valence-corrected chi connectivity index (χ4v) is 2.37. The molecule has 0 aliphatic carbocycles. The van der Waals surface area contributed by atoms with Crippen LogP contribution in [0.3, 0.4) is 0 Å². The van der Waals surface area contributed by atoms with Crippen LogP contribution in [0.4, 0.5) is 10.5 Å². The van der Waals surface area contributed by atoms with Crippen LogP contribution in [0.5, 0.6) is 0 Å². The lowest BCUT2D eigenvalue weighted by atomic mass is 10.0. The highest BCUT2D eigenvalue weighted by atomic mass is 35.5. The summed E-state index contributed by atoms with van der Waals surface area (Å²) in [4.78, 5) is 11.7. The van der Waals surface area contributed by atoms with Crippen molar-refractivity contribution in [1.82, 2.24) is 5.32 Å². The quantitative estimate of drug-likeness (QED) is 0.806. The minimum absolute atomic E-state index is 0.349. The largest absolute Gasteiger partial charge is 0.444 e. The van der Waals surface area contributed by atoms with Crippen molar-refractivity contribution < 1.29 is 9.53 Å². The fourth-order valence-electron chi connectivity index (χ4n) is 2.14. The molecule has 23 heavy (non-hydrogen) atoms. The Labute approximate surface area is 141 Å². The Morgan fingerprint density at radius 3 is 2.48 bits per heavy atom. The van der Waals surface area contributed by atoms with Gasteiger partial charge < -0.3 is 15.8 Å². The Morgan fingerprint density at radius 2 is 1.87 bits per heavy atom. The Hall–Kier alpha value is -2.20. The summed E-state index contributed by atoms with van der Waals surface area (Å²) in [5, 5.41) is 3.36. The Bertz CT molecular complexity index is 708. The number of nitrogen functional groups attached to an aromatic ring is 1. The molecule has 122 valence electrons. The van der Waals surface area contributed by atoms with Gasteiger partial charge in [0.05, 0.1) is 0 Å². The highest BCUT2D eigenvalue weighted by Gasteiger charge is 2.15. The molecule has 3 N–H and O–H groups in total. The molecule has 1 amide bonds. The van der Waals surface area contributed by atoms with Crippen molar-refractivity contribution in [3.63, 3.8) is 0 Å². The lowest BCUT2D eigenvalue weighted by Crippen LogP contribution is -2.32. The zero-order chi connectivity index (χ0) is 17.0. The van der Waals surface area contributed by atoms with E-state index >= 15 is 0 Å². The molecule has 4 nitrogen and oxygen atoms in total. The van der Waals surface area contributed by atoms with Gasteiger partial charge in [-0.3, -0.25) is 0 Å². The van der Waals surface area contributed by atoms with E-state index < -0.39 is 11.7 Å². The number of rotatable bonds is 3. The van der Waals surface area contributed by atoms with Crippen LogP contribution >= 0.6 is 11.6 Å². The molecule has 2 rings (SSSR count). The maximum atomic E-state index is 11.7. The molecule has 5 heteroatoms. The van der Waals surface area contributed by atoms with Crippen molar-refractivity contribution in [2.45, 2.75) is 32.9 Å². The summed E-state index contributed by atoms with van der Waals surface area (Å²) in [7, 11) is 0. The second-order valence-electron chi connectivity index (χ2n) is 6.26. The molecule has 0 aromatic heterocycles. The minimum atomic E-state index is -0.517. The monoisotopic (exact) mass is 332 g/mol. The number of hydrogen-bond donors (Lipinski definition) is 2. The van der Waals surface area contributed by atoms with Crippen LogP contribution in [0.2, 0.25) is 5.02 Å². The second kappa shape index (κ2) is 6.92. The zero-order valence-corrected chi connectivity index (χ0v) is 14.3. The first-order valence-corrected chi connectivity index (χ1v) is 7.74. The summed E-state index contributed by atoms with van der Waals surface area (Å²) in [6.07, 6.45) is -0.453. The topological polar surface area (TPSA) is 64.3 Å². The number of nitrogens with two attached hydrogens (primary N) is 1. The Kier molecular flexibility index (Phi) is 5.16. The molecule has 0 radical (unpaired) electrons. The number of benzene rings is 2. The molecule has 0 saturated heterocycles. The van der Waals surface area contributed by atoms with Gasteiger partial charge in [0.2, 0.25) is 0 Å². The second-order valence-corrected chi connectivity index (χ2v) is 6.66. The maximum Gasteiger partial charge on any atom is 0.407 e. The van der Waals surface area contributed by atoms with Gasteiger partial charge in [-0.15, -0.1) is 0 Å². The van der Waals surface area contributed by atoms with Gasteiger partial charge in [0.15, 0.2) is 0 Å². The summed E-state index contributed by atoms with van der Waals surface area (Å²) in [6, 6.07) is 13.2. The van der Waals surface area contributed by atoms with Gasteiger partial charge in [0, 0.05) is 28.4 Å². The summed E-state index contributed by atoms with van der Waals surface area (Å²) >= 11 is 6.21. The third-order valence-corrected chi connectivity index (χ3v) is 3.45. The molecule has 0 heterocycles. The van der Waals surface area contributed by atoms with Gasteiger partial charge in [-0.1, -0.05) is 41.9 Å². The van der Waals surface area contributed by atoms with E-state index in [2.05, 4.69) is 5.32 Å². The maximum absolute atomic E-state index is 11.7. The van der Waals surface area contributed by atoms with Gasteiger partial charge in [0.25, 0.3) is 0 Å². The van der Waals surface area contributed by atoms with Crippen molar-refractivity contribution in [2.24, 2.45) is 0 Å². The SMILES string of the molecule is CC(C)(C)OC(=O)NCc1ccc(-c2ccccc2Cl)c(N)c1. The summed E-state index contributed by atoms with van der Waals surface area (Å²) < 4.78 is 5.20. The van der Waals surface area contributed by atoms with Crippen LogP contribution in [0.15, 0.2) is 42.5 Å². The minimum Gasteiger partial charge on any atom is -0.444 e. The summed E-state index contributed by atoms with van der Waals surface area (Å²) in [5.41, 5.74) is 8.88. The molecule has 0 aliphatic heterocycles. The van der Waals surface area contributed by atoms with E-state index in [1.807, 2.05) is 63.2 Å². The van der Waals surface area contributed by atoms with Crippen molar-refractivity contribution in [3.05, 3.63) is 53.1 Å². The van der Waals surface area contributed by atoms with E-state index in [-0.39, 0.29) is 0 Å². The molecule has 0 atom stereocenters. The molecule has 0 spiro atoms. The van der Waals surface area contributed by atoms with E-state index in [4.69, 9.17) is 22.1 Å². The van der Waals surface area contributed by atoms with Crippen molar-refractivity contribution in [2.75, 3.05) is 5.73 Å².